The smallest absolute Gasteiger partial charge is 0.235 e. The van der Waals surface area contributed by atoms with Gasteiger partial charge in [-0.25, -0.2) is 9.97 Å². The lowest BCUT2D eigenvalue weighted by atomic mass is 9.73. The molecule has 2 aromatic carbocycles. The van der Waals surface area contributed by atoms with Gasteiger partial charge >= 0.3 is 0 Å². The van der Waals surface area contributed by atoms with Gasteiger partial charge in [-0.05, 0) is 48.6 Å². The van der Waals surface area contributed by atoms with Crippen LogP contribution in [-0.4, -0.2) is 36.1 Å². The van der Waals surface area contributed by atoms with Crippen LogP contribution in [0.2, 0.25) is 0 Å². The number of nitrogens with zero attached hydrogens (tertiary/aromatic N) is 3. The molecule has 2 aliphatic heterocycles. The van der Waals surface area contributed by atoms with E-state index >= 15 is 0 Å². The number of benzene rings is 2. The van der Waals surface area contributed by atoms with E-state index in [9.17, 15) is 4.79 Å². The first kappa shape index (κ1) is 20.3. The number of anilines is 2. The Kier molecular flexibility index (Phi) is 5.17. The molecule has 7 heteroatoms. The molecule has 1 aromatic heterocycles. The number of hydrogen-bond donors (Lipinski definition) is 1. The zero-order valence-electron chi connectivity index (χ0n) is 18.3. The second-order valence-corrected chi connectivity index (χ2v) is 8.23. The average molecular weight is 431 g/mol. The molecule has 0 aliphatic carbocycles. The summed E-state index contributed by atoms with van der Waals surface area (Å²) in [5.41, 5.74) is 2.31. The lowest BCUT2D eigenvalue weighted by Crippen LogP contribution is -2.47. The number of aromatic nitrogens is 2. The largest absolute Gasteiger partial charge is 0.493 e. The van der Waals surface area contributed by atoms with Gasteiger partial charge in [0.15, 0.2) is 11.5 Å². The van der Waals surface area contributed by atoms with E-state index in [2.05, 4.69) is 27.1 Å². The minimum Gasteiger partial charge on any atom is -0.493 e. The molecule has 1 spiro atoms. The van der Waals surface area contributed by atoms with Crippen LogP contribution in [-0.2, 0) is 16.6 Å². The molecular formula is C25H26N4O3. The molecule has 1 fully saturated rings. The van der Waals surface area contributed by atoms with Crippen molar-refractivity contribution in [1.29, 1.82) is 0 Å². The third-order valence-electron chi connectivity index (χ3n) is 6.47. The van der Waals surface area contributed by atoms with Gasteiger partial charge < -0.3 is 19.7 Å². The standard InChI is InChI=1S/C25H26N4O3/c1-3-17-15-26-24(27-16-17)29-11-9-25(10-12-29)19-13-21(31-2)22(14-20(19)28-23(25)30)32-18-7-5-4-6-8-18/h4-8,13-16H,3,9-12H2,1-2H3,(H,28,30). The lowest BCUT2D eigenvalue weighted by Gasteiger charge is -2.38. The van der Waals surface area contributed by atoms with E-state index in [1.807, 2.05) is 54.9 Å². The van der Waals surface area contributed by atoms with Crippen LogP contribution in [0.3, 0.4) is 0 Å². The SMILES string of the molecule is CCc1cnc(N2CCC3(CC2)C(=O)Nc2cc(Oc4ccccc4)c(OC)cc23)nc1. The van der Waals surface area contributed by atoms with Crippen molar-refractivity contribution >= 4 is 17.5 Å². The van der Waals surface area contributed by atoms with Crippen molar-refractivity contribution in [2.75, 3.05) is 30.4 Å². The molecule has 3 heterocycles. The van der Waals surface area contributed by atoms with Gasteiger partial charge in [0.1, 0.15) is 5.75 Å². The minimum absolute atomic E-state index is 0.0355. The number of nitrogens with one attached hydrogen (secondary N) is 1. The van der Waals surface area contributed by atoms with Crippen molar-refractivity contribution < 1.29 is 14.3 Å². The fraction of sp³-hybridized carbons (Fsp3) is 0.320. The quantitative estimate of drug-likeness (QED) is 0.649. The van der Waals surface area contributed by atoms with Gasteiger partial charge in [0.2, 0.25) is 11.9 Å². The molecule has 0 bridgehead atoms. The number of carbonyl (C=O) groups is 1. The second kappa shape index (κ2) is 8.15. The Labute approximate surface area is 187 Å². The summed E-state index contributed by atoms with van der Waals surface area (Å²) >= 11 is 0. The topological polar surface area (TPSA) is 76.6 Å². The maximum Gasteiger partial charge on any atom is 0.235 e. The summed E-state index contributed by atoms with van der Waals surface area (Å²) in [5.74, 6) is 2.67. The molecule has 7 nitrogen and oxygen atoms in total. The summed E-state index contributed by atoms with van der Waals surface area (Å²) in [6.45, 7) is 3.51. The molecule has 1 N–H and O–H groups in total. The van der Waals surface area contributed by atoms with Gasteiger partial charge in [0.05, 0.1) is 12.5 Å². The number of carbonyl (C=O) groups excluding carboxylic acids is 1. The van der Waals surface area contributed by atoms with Crippen LogP contribution in [0.15, 0.2) is 54.9 Å². The number of amides is 1. The van der Waals surface area contributed by atoms with Crippen molar-refractivity contribution in [3.05, 3.63) is 66.0 Å². The summed E-state index contributed by atoms with van der Waals surface area (Å²) in [6.07, 6.45) is 6.05. The minimum atomic E-state index is -0.576. The summed E-state index contributed by atoms with van der Waals surface area (Å²) in [6, 6.07) is 13.4. The fourth-order valence-corrected chi connectivity index (χ4v) is 4.56. The Bertz CT molecular complexity index is 1120. The number of methoxy groups -OCH3 is 1. The van der Waals surface area contributed by atoms with Gasteiger partial charge in [-0.3, -0.25) is 4.79 Å². The highest BCUT2D eigenvalue weighted by Crippen LogP contribution is 2.49. The van der Waals surface area contributed by atoms with Crippen molar-refractivity contribution in [3.63, 3.8) is 0 Å². The summed E-state index contributed by atoms with van der Waals surface area (Å²) in [5, 5.41) is 3.08. The van der Waals surface area contributed by atoms with Crippen LogP contribution in [0.1, 0.15) is 30.9 Å². The van der Waals surface area contributed by atoms with E-state index in [4.69, 9.17) is 9.47 Å². The molecule has 1 amide bonds. The van der Waals surface area contributed by atoms with Crippen LogP contribution in [0.5, 0.6) is 17.2 Å². The van der Waals surface area contributed by atoms with Gasteiger partial charge in [-0.1, -0.05) is 25.1 Å². The Morgan fingerprint density at radius 3 is 2.44 bits per heavy atom. The molecule has 1 saturated heterocycles. The van der Waals surface area contributed by atoms with E-state index in [-0.39, 0.29) is 5.91 Å². The number of rotatable bonds is 5. The molecule has 0 radical (unpaired) electrons. The lowest BCUT2D eigenvalue weighted by molar-refractivity contribution is -0.121. The first-order chi connectivity index (χ1) is 15.6. The van der Waals surface area contributed by atoms with Gasteiger partial charge in [0.25, 0.3) is 0 Å². The Hall–Kier alpha value is -3.61. The second-order valence-electron chi connectivity index (χ2n) is 8.23. The van der Waals surface area contributed by atoms with E-state index in [0.717, 1.165) is 29.2 Å². The van der Waals surface area contributed by atoms with Crippen LogP contribution in [0.4, 0.5) is 11.6 Å². The third kappa shape index (κ3) is 3.43. The number of ether oxygens (including phenoxy) is 2. The molecule has 32 heavy (non-hydrogen) atoms. The van der Waals surface area contributed by atoms with Crippen LogP contribution < -0.4 is 19.7 Å². The molecule has 164 valence electrons. The third-order valence-corrected chi connectivity index (χ3v) is 6.47. The van der Waals surface area contributed by atoms with Crippen molar-refractivity contribution in [1.82, 2.24) is 9.97 Å². The molecule has 0 unspecified atom stereocenters. The van der Waals surface area contributed by atoms with Crippen LogP contribution in [0, 0.1) is 0 Å². The van der Waals surface area contributed by atoms with Gasteiger partial charge in [-0.15, -0.1) is 0 Å². The van der Waals surface area contributed by atoms with E-state index in [0.29, 0.717) is 43.2 Å². The van der Waals surface area contributed by atoms with E-state index in [1.54, 1.807) is 7.11 Å². The maximum absolute atomic E-state index is 13.2. The number of aryl methyl sites for hydroxylation is 1. The first-order valence-electron chi connectivity index (χ1n) is 11.0. The molecule has 5 rings (SSSR count). The fourth-order valence-electron chi connectivity index (χ4n) is 4.56. The summed E-state index contributed by atoms with van der Waals surface area (Å²) in [4.78, 5) is 24.3. The van der Waals surface area contributed by atoms with Crippen molar-refractivity contribution in [2.45, 2.75) is 31.6 Å². The highest BCUT2D eigenvalue weighted by Gasteiger charge is 2.49. The number of piperidine rings is 1. The monoisotopic (exact) mass is 430 g/mol. The maximum atomic E-state index is 13.2. The zero-order valence-corrected chi connectivity index (χ0v) is 18.3. The zero-order chi connectivity index (χ0) is 22.1. The first-order valence-corrected chi connectivity index (χ1v) is 11.0. The van der Waals surface area contributed by atoms with Gasteiger partial charge in [-0.2, -0.15) is 0 Å². The average Bonchev–Trinajstić information content (AvgIpc) is 3.09. The Morgan fingerprint density at radius 1 is 1.06 bits per heavy atom. The predicted molar refractivity (Wildman–Crippen MR) is 123 cm³/mol. The van der Waals surface area contributed by atoms with E-state index < -0.39 is 5.41 Å². The van der Waals surface area contributed by atoms with Gasteiger partial charge in [0, 0.05) is 37.2 Å². The Morgan fingerprint density at radius 2 is 1.78 bits per heavy atom. The predicted octanol–water partition coefficient (Wildman–Crippen LogP) is 4.33. The highest BCUT2D eigenvalue weighted by molar-refractivity contribution is 6.07. The van der Waals surface area contributed by atoms with Crippen molar-refractivity contribution in [2.24, 2.45) is 0 Å². The number of hydrogen-bond acceptors (Lipinski definition) is 6. The molecule has 3 aromatic rings. The highest BCUT2D eigenvalue weighted by atomic mass is 16.5. The Balaban J connectivity index is 1.41. The van der Waals surface area contributed by atoms with Crippen LogP contribution >= 0.6 is 0 Å². The summed E-state index contributed by atoms with van der Waals surface area (Å²) in [7, 11) is 1.62. The van der Waals surface area contributed by atoms with Crippen LogP contribution in [0.25, 0.3) is 0 Å². The molecule has 0 saturated carbocycles. The normalized spacial score (nSPS) is 16.6. The van der Waals surface area contributed by atoms with E-state index in [1.165, 1.54) is 0 Å². The van der Waals surface area contributed by atoms with Crippen molar-refractivity contribution in [3.8, 4) is 17.2 Å². The molecular weight excluding hydrogens is 404 g/mol. The molecule has 0 atom stereocenters. The summed E-state index contributed by atoms with van der Waals surface area (Å²) < 4.78 is 11.7. The number of para-hydroxylation sites is 1. The molecule has 2 aliphatic rings. The number of fused-ring (bicyclic) bond motifs is 2.